The maximum absolute atomic E-state index is 13.0. The number of anilines is 1. The Morgan fingerprint density at radius 3 is 2.14 bits per heavy atom. The van der Waals surface area contributed by atoms with Crippen molar-refractivity contribution in [1.29, 1.82) is 0 Å². The van der Waals surface area contributed by atoms with E-state index >= 15 is 0 Å². The monoisotopic (exact) mass is 378 g/mol. The molecule has 4 heteroatoms. The number of hydrogen-bond acceptors (Lipinski definition) is 2. The summed E-state index contributed by atoms with van der Waals surface area (Å²) >= 11 is 0. The van der Waals surface area contributed by atoms with Crippen LogP contribution >= 0.6 is 0 Å². The van der Waals surface area contributed by atoms with Crippen molar-refractivity contribution >= 4 is 17.5 Å². The molecule has 0 radical (unpaired) electrons. The largest absolute Gasteiger partial charge is 0.324 e. The number of aryl methyl sites for hydroxylation is 2. The zero-order valence-corrected chi connectivity index (χ0v) is 17.7. The van der Waals surface area contributed by atoms with Crippen LogP contribution in [0.15, 0.2) is 42.5 Å². The van der Waals surface area contributed by atoms with Crippen LogP contribution < -0.4 is 5.32 Å². The SMILES string of the molecule is Cc1ccc(NC(=O)C2(C)CCN2C(=O)c2ccc(C(C)(C)C)cc2)cc1C. The Morgan fingerprint density at radius 1 is 1.00 bits per heavy atom. The highest BCUT2D eigenvalue weighted by Crippen LogP contribution is 2.34. The molecule has 0 aliphatic carbocycles. The third kappa shape index (κ3) is 3.68. The molecule has 2 aromatic rings. The Bertz CT molecular complexity index is 909. The highest BCUT2D eigenvalue weighted by Gasteiger charge is 2.49. The molecule has 1 fully saturated rings. The summed E-state index contributed by atoms with van der Waals surface area (Å²) in [4.78, 5) is 27.6. The van der Waals surface area contributed by atoms with Gasteiger partial charge in [-0.1, -0.05) is 39.0 Å². The minimum atomic E-state index is -0.821. The van der Waals surface area contributed by atoms with Crippen molar-refractivity contribution in [3.05, 3.63) is 64.7 Å². The van der Waals surface area contributed by atoms with Crippen LogP contribution in [0.5, 0.6) is 0 Å². The predicted molar refractivity (Wildman–Crippen MR) is 114 cm³/mol. The fourth-order valence-corrected chi connectivity index (χ4v) is 3.47. The van der Waals surface area contributed by atoms with E-state index in [0.29, 0.717) is 18.5 Å². The van der Waals surface area contributed by atoms with Gasteiger partial charge in [0.1, 0.15) is 5.54 Å². The van der Waals surface area contributed by atoms with Gasteiger partial charge in [-0.15, -0.1) is 0 Å². The van der Waals surface area contributed by atoms with Gasteiger partial charge in [0.25, 0.3) is 5.91 Å². The molecule has 2 aromatic carbocycles. The smallest absolute Gasteiger partial charge is 0.254 e. The lowest BCUT2D eigenvalue weighted by Crippen LogP contribution is -2.66. The van der Waals surface area contributed by atoms with Gasteiger partial charge >= 0.3 is 0 Å². The molecule has 3 rings (SSSR count). The van der Waals surface area contributed by atoms with Crippen molar-refractivity contribution in [1.82, 2.24) is 4.90 Å². The van der Waals surface area contributed by atoms with E-state index in [1.165, 1.54) is 11.1 Å². The number of nitrogens with one attached hydrogen (secondary N) is 1. The van der Waals surface area contributed by atoms with Crippen LogP contribution in [0.2, 0.25) is 0 Å². The van der Waals surface area contributed by atoms with E-state index in [-0.39, 0.29) is 17.2 Å². The number of amides is 2. The summed E-state index contributed by atoms with van der Waals surface area (Å²) in [6, 6.07) is 13.6. The lowest BCUT2D eigenvalue weighted by atomic mass is 9.84. The molecular formula is C24H30N2O2. The van der Waals surface area contributed by atoms with Crippen LogP contribution in [0.3, 0.4) is 0 Å². The average molecular weight is 379 g/mol. The van der Waals surface area contributed by atoms with Crippen molar-refractivity contribution in [2.75, 3.05) is 11.9 Å². The van der Waals surface area contributed by atoms with Crippen molar-refractivity contribution in [3.8, 4) is 0 Å². The number of hydrogen-bond donors (Lipinski definition) is 1. The number of nitrogens with zero attached hydrogens (tertiary/aromatic N) is 1. The summed E-state index contributed by atoms with van der Waals surface area (Å²) < 4.78 is 0. The van der Waals surface area contributed by atoms with Gasteiger partial charge in [0, 0.05) is 17.8 Å². The van der Waals surface area contributed by atoms with E-state index in [0.717, 1.165) is 11.3 Å². The van der Waals surface area contributed by atoms with Crippen molar-refractivity contribution in [2.24, 2.45) is 0 Å². The predicted octanol–water partition coefficient (Wildman–Crippen LogP) is 4.84. The van der Waals surface area contributed by atoms with Crippen molar-refractivity contribution < 1.29 is 9.59 Å². The summed E-state index contributed by atoms with van der Waals surface area (Å²) in [6.07, 6.45) is 0.662. The fourth-order valence-electron chi connectivity index (χ4n) is 3.47. The van der Waals surface area contributed by atoms with Gasteiger partial charge in [0.2, 0.25) is 5.91 Å². The Morgan fingerprint density at radius 2 is 1.64 bits per heavy atom. The van der Waals surface area contributed by atoms with Gasteiger partial charge in [0.15, 0.2) is 0 Å². The van der Waals surface area contributed by atoms with Gasteiger partial charge in [0.05, 0.1) is 0 Å². The summed E-state index contributed by atoms with van der Waals surface area (Å²) in [5.74, 6) is -0.230. The number of rotatable bonds is 3. The average Bonchev–Trinajstić information content (AvgIpc) is 2.62. The first-order valence-electron chi connectivity index (χ1n) is 9.83. The second-order valence-electron chi connectivity index (χ2n) is 9.06. The van der Waals surface area contributed by atoms with Gasteiger partial charge in [-0.3, -0.25) is 9.59 Å². The number of carbonyl (C=O) groups is 2. The molecule has 1 saturated heterocycles. The molecule has 1 aliphatic rings. The molecule has 1 atom stereocenters. The van der Waals surface area contributed by atoms with Crippen LogP contribution in [0.4, 0.5) is 5.69 Å². The zero-order chi connectivity index (χ0) is 20.7. The van der Waals surface area contributed by atoms with Crippen molar-refractivity contribution in [3.63, 3.8) is 0 Å². The molecule has 1 unspecified atom stereocenters. The Kier molecular flexibility index (Phi) is 5.09. The maximum atomic E-state index is 13.0. The van der Waals surface area contributed by atoms with Crippen LogP contribution in [0.1, 0.15) is 61.2 Å². The summed E-state index contributed by atoms with van der Waals surface area (Å²) in [7, 11) is 0. The lowest BCUT2D eigenvalue weighted by Gasteiger charge is -2.49. The number of likely N-dealkylation sites (tertiary alicyclic amines) is 1. The van der Waals surface area contributed by atoms with E-state index in [1.807, 2.05) is 63.2 Å². The molecule has 4 nitrogen and oxygen atoms in total. The summed E-state index contributed by atoms with van der Waals surface area (Å²) in [6.45, 7) is 12.9. The number of carbonyl (C=O) groups excluding carboxylic acids is 2. The second-order valence-corrected chi connectivity index (χ2v) is 9.06. The quantitative estimate of drug-likeness (QED) is 0.830. The van der Waals surface area contributed by atoms with E-state index in [4.69, 9.17) is 0 Å². The molecule has 0 spiro atoms. The first-order valence-corrected chi connectivity index (χ1v) is 9.83. The third-order valence-electron chi connectivity index (χ3n) is 5.91. The van der Waals surface area contributed by atoms with Crippen LogP contribution in [-0.4, -0.2) is 28.8 Å². The molecular weight excluding hydrogens is 348 g/mol. The maximum Gasteiger partial charge on any atom is 0.254 e. The first-order chi connectivity index (χ1) is 13.0. The lowest BCUT2D eigenvalue weighted by molar-refractivity contribution is -0.132. The van der Waals surface area contributed by atoms with Crippen LogP contribution in [0.25, 0.3) is 0 Å². The molecule has 1 heterocycles. The standard InChI is InChI=1S/C24H30N2O2/c1-16-7-12-20(15-17(16)2)25-22(28)24(6)13-14-26(24)21(27)18-8-10-19(11-9-18)23(3,4)5/h7-12,15H,13-14H2,1-6H3,(H,25,28). The molecule has 1 N–H and O–H groups in total. The molecule has 2 amide bonds. The van der Waals surface area contributed by atoms with E-state index in [9.17, 15) is 9.59 Å². The Hall–Kier alpha value is -2.62. The highest BCUT2D eigenvalue weighted by molar-refractivity contribution is 6.04. The normalized spacial score (nSPS) is 19.1. The molecule has 0 aromatic heterocycles. The molecule has 28 heavy (non-hydrogen) atoms. The fraction of sp³-hybridized carbons (Fsp3) is 0.417. The van der Waals surface area contributed by atoms with E-state index in [2.05, 4.69) is 26.1 Å². The zero-order valence-electron chi connectivity index (χ0n) is 17.7. The minimum Gasteiger partial charge on any atom is -0.324 e. The van der Waals surface area contributed by atoms with Gasteiger partial charge in [-0.25, -0.2) is 0 Å². The van der Waals surface area contributed by atoms with Gasteiger partial charge in [-0.2, -0.15) is 0 Å². The van der Waals surface area contributed by atoms with Crippen LogP contribution in [0, 0.1) is 13.8 Å². The van der Waals surface area contributed by atoms with Gasteiger partial charge in [-0.05, 0) is 73.6 Å². The van der Waals surface area contributed by atoms with E-state index < -0.39 is 5.54 Å². The summed E-state index contributed by atoms with van der Waals surface area (Å²) in [5, 5.41) is 2.98. The highest BCUT2D eigenvalue weighted by atomic mass is 16.2. The molecule has 0 saturated carbocycles. The van der Waals surface area contributed by atoms with E-state index in [1.54, 1.807) is 4.90 Å². The molecule has 0 bridgehead atoms. The van der Waals surface area contributed by atoms with Crippen LogP contribution in [-0.2, 0) is 10.2 Å². The number of benzene rings is 2. The topological polar surface area (TPSA) is 49.4 Å². The Labute approximate surface area is 167 Å². The Balaban J connectivity index is 1.75. The minimum absolute atomic E-state index is 0.0406. The molecule has 1 aliphatic heterocycles. The third-order valence-corrected chi connectivity index (χ3v) is 5.91. The van der Waals surface area contributed by atoms with Gasteiger partial charge < -0.3 is 10.2 Å². The second kappa shape index (κ2) is 7.08. The summed E-state index contributed by atoms with van der Waals surface area (Å²) in [5.41, 5.74) is 4.10. The first kappa shape index (κ1) is 20.1. The van der Waals surface area contributed by atoms with Crippen molar-refractivity contribution in [2.45, 2.75) is 58.9 Å². The molecule has 148 valence electrons.